The van der Waals surface area contributed by atoms with Gasteiger partial charge in [0, 0.05) is 23.1 Å². The molecule has 19 heavy (non-hydrogen) atoms. The third kappa shape index (κ3) is 2.71. The molecule has 0 saturated heterocycles. The monoisotopic (exact) mass is 282 g/mol. The first-order valence-corrected chi connectivity index (χ1v) is 6.64. The van der Waals surface area contributed by atoms with Gasteiger partial charge < -0.3 is 5.32 Å². The van der Waals surface area contributed by atoms with E-state index in [-0.39, 0.29) is 17.1 Å². The number of carbonyl (C=O) groups excluding carboxylic acids is 1. The number of benzene rings is 1. The number of nitro groups is 1. The molecule has 1 aliphatic carbocycles. The lowest BCUT2D eigenvalue weighted by atomic mass is 9.78. The van der Waals surface area contributed by atoms with Gasteiger partial charge in [-0.1, -0.05) is 0 Å². The predicted octanol–water partition coefficient (Wildman–Crippen LogP) is 2.79. The van der Waals surface area contributed by atoms with Crippen molar-refractivity contribution in [3.8, 4) is 0 Å². The molecule has 0 aliphatic heterocycles. The van der Waals surface area contributed by atoms with Crippen molar-refractivity contribution in [2.24, 2.45) is 0 Å². The molecule has 6 heteroatoms. The van der Waals surface area contributed by atoms with Crippen molar-refractivity contribution in [1.29, 1.82) is 0 Å². The molecule has 0 unspecified atom stereocenters. The highest BCUT2D eigenvalue weighted by atomic mass is 35.5. The average molecular weight is 283 g/mol. The van der Waals surface area contributed by atoms with Crippen LogP contribution in [0.3, 0.4) is 0 Å². The number of carbonyl (C=O) groups is 1. The summed E-state index contributed by atoms with van der Waals surface area (Å²) in [4.78, 5) is 22.4. The smallest absolute Gasteiger partial charge is 0.272 e. The highest BCUT2D eigenvalue weighted by Crippen LogP contribution is 2.33. The predicted molar refractivity (Wildman–Crippen MR) is 72.6 cm³/mol. The van der Waals surface area contributed by atoms with Crippen LogP contribution in [-0.4, -0.2) is 22.2 Å². The number of amides is 1. The molecule has 1 aliphatic rings. The molecular formula is C13H15ClN2O3. The van der Waals surface area contributed by atoms with Crippen LogP contribution in [0, 0.1) is 17.0 Å². The summed E-state index contributed by atoms with van der Waals surface area (Å²) in [6, 6.07) is 4.37. The molecule has 0 heterocycles. The average Bonchev–Trinajstić information content (AvgIpc) is 2.33. The summed E-state index contributed by atoms with van der Waals surface area (Å²) in [5.41, 5.74) is 0.631. The molecule has 1 N–H and O–H groups in total. The molecule has 5 nitrogen and oxygen atoms in total. The van der Waals surface area contributed by atoms with E-state index < -0.39 is 4.92 Å². The number of rotatable bonds is 4. The van der Waals surface area contributed by atoms with Crippen LogP contribution in [0.2, 0.25) is 0 Å². The Morgan fingerprint density at radius 3 is 2.63 bits per heavy atom. The molecule has 0 radical (unpaired) electrons. The van der Waals surface area contributed by atoms with Gasteiger partial charge in [0.25, 0.3) is 11.6 Å². The molecule has 1 aromatic rings. The summed E-state index contributed by atoms with van der Waals surface area (Å²) in [7, 11) is 0. The minimum absolute atomic E-state index is 0.0206. The fraction of sp³-hybridized carbons (Fsp3) is 0.462. The van der Waals surface area contributed by atoms with Gasteiger partial charge in [-0.3, -0.25) is 14.9 Å². The summed E-state index contributed by atoms with van der Waals surface area (Å²) in [6.45, 7) is 1.62. The quantitative estimate of drug-likeness (QED) is 0.524. The summed E-state index contributed by atoms with van der Waals surface area (Å²) in [6.07, 6.45) is 2.83. The largest absolute Gasteiger partial charge is 0.345 e. The molecule has 2 rings (SSSR count). The van der Waals surface area contributed by atoms with E-state index in [1.54, 1.807) is 6.92 Å². The van der Waals surface area contributed by atoms with Gasteiger partial charge in [-0.2, -0.15) is 0 Å². The van der Waals surface area contributed by atoms with Gasteiger partial charge in [0.15, 0.2) is 0 Å². The van der Waals surface area contributed by atoms with E-state index in [2.05, 4.69) is 5.32 Å². The molecule has 102 valence electrons. The van der Waals surface area contributed by atoms with E-state index in [1.807, 2.05) is 0 Å². The van der Waals surface area contributed by atoms with Crippen LogP contribution in [0.5, 0.6) is 0 Å². The van der Waals surface area contributed by atoms with Crippen molar-refractivity contribution in [3.63, 3.8) is 0 Å². The normalized spacial score (nSPS) is 16.5. The van der Waals surface area contributed by atoms with E-state index in [4.69, 9.17) is 11.6 Å². The Balaban J connectivity index is 2.16. The number of halogens is 1. The van der Waals surface area contributed by atoms with Gasteiger partial charge in [-0.15, -0.1) is 11.6 Å². The second kappa shape index (κ2) is 5.17. The number of hydrogen-bond acceptors (Lipinski definition) is 3. The highest BCUT2D eigenvalue weighted by molar-refractivity contribution is 6.19. The van der Waals surface area contributed by atoms with Crippen LogP contribution in [0.25, 0.3) is 0 Å². The van der Waals surface area contributed by atoms with Crippen LogP contribution in [0.15, 0.2) is 18.2 Å². The van der Waals surface area contributed by atoms with Crippen molar-refractivity contribution in [1.82, 2.24) is 5.32 Å². The zero-order valence-corrected chi connectivity index (χ0v) is 11.4. The summed E-state index contributed by atoms with van der Waals surface area (Å²) in [5.74, 6) is 0.170. The van der Waals surface area contributed by atoms with E-state index in [0.717, 1.165) is 19.3 Å². The molecule has 1 fully saturated rings. The summed E-state index contributed by atoms with van der Waals surface area (Å²) in [5, 5.41) is 13.7. The van der Waals surface area contributed by atoms with Crippen LogP contribution in [0.1, 0.15) is 35.2 Å². The molecular weight excluding hydrogens is 268 g/mol. The third-order valence-electron chi connectivity index (χ3n) is 3.60. The molecule has 0 aromatic heterocycles. The Morgan fingerprint density at radius 1 is 1.53 bits per heavy atom. The van der Waals surface area contributed by atoms with Crippen LogP contribution in [-0.2, 0) is 0 Å². The lowest BCUT2D eigenvalue weighted by molar-refractivity contribution is -0.385. The number of nitrogens with one attached hydrogen (secondary N) is 1. The number of aryl methyl sites for hydroxylation is 1. The Bertz CT molecular complexity index is 521. The van der Waals surface area contributed by atoms with E-state index in [0.29, 0.717) is 17.0 Å². The first kappa shape index (κ1) is 13.8. The maximum absolute atomic E-state index is 12.1. The number of nitro benzene ring substituents is 1. The van der Waals surface area contributed by atoms with Gasteiger partial charge in [-0.05, 0) is 38.3 Å². The molecule has 0 spiro atoms. The van der Waals surface area contributed by atoms with E-state index in [9.17, 15) is 14.9 Å². The van der Waals surface area contributed by atoms with E-state index in [1.165, 1.54) is 18.2 Å². The first-order valence-electron chi connectivity index (χ1n) is 6.11. The fourth-order valence-electron chi connectivity index (χ4n) is 2.21. The Hall–Kier alpha value is -1.62. The zero-order chi connectivity index (χ0) is 14.0. The molecule has 1 aromatic carbocycles. The Labute approximate surface area is 116 Å². The van der Waals surface area contributed by atoms with Crippen molar-refractivity contribution in [2.75, 3.05) is 5.88 Å². The zero-order valence-electron chi connectivity index (χ0n) is 10.6. The second-order valence-corrected chi connectivity index (χ2v) is 5.25. The lowest BCUT2D eigenvalue weighted by Gasteiger charge is -2.41. The Morgan fingerprint density at radius 2 is 2.21 bits per heavy atom. The van der Waals surface area contributed by atoms with Crippen LogP contribution < -0.4 is 5.32 Å². The minimum atomic E-state index is -0.455. The standard InChI is InChI=1S/C13H15ClN2O3/c1-9-7-10(3-4-11(9)16(18)19)12(17)15-13(8-14)5-2-6-13/h3-4,7H,2,5-6,8H2,1H3,(H,15,17). The van der Waals surface area contributed by atoms with Gasteiger partial charge in [0.1, 0.15) is 0 Å². The van der Waals surface area contributed by atoms with Crippen molar-refractivity contribution in [3.05, 3.63) is 39.4 Å². The third-order valence-corrected chi connectivity index (χ3v) is 4.11. The topological polar surface area (TPSA) is 72.2 Å². The summed E-state index contributed by atoms with van der Waals surface area (Å²) >= 11 is 5.89. The maximum atomic E-state index is 12.1. The minimum Gasteiger partial charge on any atom is -0.345 e. The van der Waals surface area contributed by atoms with Gasteiger partial charge >= 0.3 is 0 Å². The highest BCUT2D eigenvalue weighted by Gasteiger charge is 2.37. The first-order chi connectivity index (χ1) is 8.97. The lowest BCUT2D eigenvalue weighted by Crippen LogP contribution is -2.55. The van der Waals surface area contributed by atoms with Crippen LogP contribution >= 0.6 is 11.6 Å². The fourth-order valence-corrected chi connectivity index (χ4v) is 2.54. The summed E-state index contributed by atoms with van der Waals surface area (Å²) < 4.78 is 0. The molecule has 1 saturated carbocycles. The van der Waals surface area contributed by atoms with E-state index >= 15 is 0 Å². The molecule has 0 atom stereocenters. The molecule has 0 bridgehead atoms. The van der Waals surface area contributed by atoms with Crippen molar-refractivity contribution in [2.45, 2.75) is 31.7 Å². The maximum Gasteiger partial charge on any atom is 0.272 e. The van der Waals surface area contributed by atoms with Crippen LogP contribution in [0.4, 0.5) is 5.69 Å². The SMILES string of the molecule is Cc1cc(C(=O)NC2(CCl)CCC2)ccc1[N+](=O)[O-]. The number of hydrogen-bond donors (Lipinski definition) is 1. The number of nitrogens with zero attached hydrogens (tertiary/aromatic N) is 1. The van der Waals surface area contributed by atoms with Gasteiger partial charge in [0.2, 0.25) is 0 Å². The second-order valence-electron chi connectivity index (χ2n) is 4.98. The van der Waals surface area contributed by atoms with Gasteiger partial charge in [-0.25, -0.2) is 0 Å². The Kier molecular flexibility index (Phi) is 3.75. The van der Waals surface area contributed by atoms with Crippen molar-refractivity contribution >= 4 is 23.2 Å². The number of alkyl halides is 1. The molecule has 1 amide bonds. The van der Waals surface area contributed by atoms with Gasteiger partial charge in [0.05, 0.1) is 10.5 Å². The van der Waals surface area contributed by atoms with Crippen molar-refractivity contribution < 1.29 is 9.72 Å².